The van der Waals surface area contributed by atoms with E-state index in [4.69, 9.17) is 9.72 Å². The molecule has 0 radical (unpaired) electrons. The molecule has 1 heterocycles. The first kappa shape index (κ1) is 22.1. The minimum absolute atomic E-state index is 0.801. The van der Waals surface area contributed by atoms with Crippen molar-refractivity contribution in [1.82, 2.24) is 4.98 Å². The minimum atomic E-state index is 0.801. The molecule has 3 rings (SSSR count). The predicted molar refractivity (Wildman–Crippen MR) is 127 cm³/mol. The van der Waals surface area contributed by atoms with Crippen LogP contribution >= 0.6 is 0 Å². The number of hydrogen-bond acceptors (Lipinski definition) is 2. The number of rotatable bonds is 12. The zero-order valence-electron chi connectivity index (χ0n) is 18.6. The van der Waals surface area contributed by atoms with Crippen LogP contribution in [0.5, 0.6) is 5.75 Å². The Balaban J connectivity index is 1.49. The zero-order valence-corrected chi connectivity index (χ0v) is 18.6. The SMILES string of the molecule is CCCCCc1ccc(-c2ccc(CCc3ccc(OCCCC)cc3)cn2)cc1. The Morgan fingerprint density at radius 2 is 1.27 bits per heavy atom. The Bertz CT molecular complexity index is 851. The van der Waals surface area contributed by atoms with Gasteiger partial charge in [0.15, 0.2) is 0 Å². The van der Waals surface area contributed by atoms with Crippen LogP contribution in [0, 0.1) is 0 Å². The summed E-state index contributed by atoms with van der Waals surface area (Å²) in [7, 11) is 0. The minimum Gasteiger partial charge on any atom is -0.494 e. The number of hydrogen-bond donors (Lipinski definition) is 0. The van der Waals surface area contributed by atoms with Crippen LogP contribution in [0.1, 0.15) is 62.6 Å². The molecule has 2 nitrogen and oxygen atoms in total. The molecule has 0 amide bonds. The lowest BCUT2D eigenvalue weighted by atomic mass is 10.0. The third-order valence-electron chi connectivity index (χ3n) is 5.54. The van der Waals surface area contributed by atoms with E-state index in [1.54, 1.807) is 0 Å². The first-order valence-electron chi connectivity index (χ1n) is 11.5. The summed E-state index contributed by atoms with van der Waals surface area (Å²) in [5.41, 5.74) is 6.27. The molecule has 0 N–H and O–H groups in total. The largest absolute Gasteiger partial charge is 0.494 e. The van der Waals surface area contributed by atoms with E-state index in [-0.39, 0.29) is 0 Å². The number of aryl methyl sites for hydroxylation is 3. The maximum absolute atomic E-state index is 5.74. The second-order valence-corrected chi connectivity index (χ2v) is 8.05. The Labute approximate surface area is 182 Å². The van der Waals surface area contributed by atoms with E-state index in [1.807, 2.05) is 6.20 Å². The van der Waals surface area contributed by atoms with Crippen molar-refractivity contribution in [2.75, 3.05) is 6.61 Å². The van der Waals surface area contributed by atoms with Gasteiger partial charge in [-0.3, -0.25) is 4.98 Å². The van der Waals surface area contributed by atoms with E-state index in [2.05, 4.69) is 74.5 Å². The second-order valence-electron chi connectivity index (χ2n) is 8.05. The van der Waals surface area contributed by atoms with Crippen LogP contribution in [0.15, 0.2) is 66.9 Å². The first-order chi connectivity index (χ1) is 14.8. The van der Waals surface area contributed by atoms with E-state index in [9.17, 15) is 0 Å². The molecule has 0 bridgehead atoms. The Morgan fingerprint density at radius 3 is 1.93 bits per heavy atom. The molecule has 2 heteroatoms. The summed E-state index contributed by atoms with van der Waals surface area (Å²) < 4.78 is 5.74. The molecule has 0 spiro atoms. The smallest absolute Gasteiger partial charge is 0.119 e. The Morgan fingerprint density at radius 1 is 0.633 bits per heavy atom. The zero-order chi connectivity index (χ0) is 21.0. The molecule has 0 aliphatic carbocycles. The van der Waals surface area contributed by atoms with Crippen molar-refractivity contribution < 1.29 is 4.74 Å². The van der Waals surface area contributed by atoms with Gasteiger partial charge in [-0.2, -0.15) is 0 Å². The van der Waals surface area contributed by atoms with Gasteiger partial charge in [0.2, 0.25) is 0 Å². The third kappa shape index (κ3) is 7.02. The van der Waals surface area contributed by atoms with Gasteiger partial charge in [0.05, 0.1) is 12.3 Å². The van der Waals surface area contributed by atoms with Crippen molar-refractivity contribution in [3.05, 3.63) is 83.6 Å². The number of unbranched alkanes of at least 4 members (excludes halogenated alkanes) is 3. The molecule has 0 aliphatic heterocycles. The summed E-state index contributed by atoms with van der Waals surface area (Å²) >= 11 is 0. The fraction of sp³-hybridized carbons (Fsp3) is 0.393. The van der Waals surface area contributed by atoms with E-state index in [0.29, 0.717) is 0 Å². The fourth-order valence-corrected chi connectivity index (χ4v) is 3.54. The number of nitrogens with zero attached hydrogens (tertiary/aromatic N) is 1. The summed E-state index contributed by atoms with van der Waals surface area (Å²) in [6.07, 6.45) is 11.3. The van der Waals surface area contributed by atoms with Crippen molar-refractivity contribution in [2.45, 2.75) is 65.2 Å². The lowest BCUT2D eigenvalue weighted by Crippen LogP contribution is -1.97. The van der Waals surface area contributed by atoms with E-state index < -0.39 is 0 Å². The molecule has 3 aromatic rings. The highest BCUT2D eigenvalue weighted by molar-refractivity contribution is 5.59. The molecular weight excluding hydrogens is 366 g/mol. The average Bonchev–Trinajstić information content (AvgIpc) is 2.80. The highest BCUT2D eigenvalue weighted by Crippen LogP contribution is 2.20. The standard InChI is InChI=1S/C28H35NO/c1-3-5-7-8-23-11-16-26(17-12-23)28-20-15-25(22-29-28)10-9-24-13-18-27(19-14-24)30-21-6-4-2/h11-20,22H,3-10,21H2,1-2H3. The fourth-order valence-electron chi connectivity index (χ4n) is 3.54. The molecule has 0 unspecified atom stereocenters. The summed E-state index contributed by atoms with van der Waals surface area (Å²) in [6, 6.07) is 21.8. The number of aromatic nitrogens is 1. The topological polar surface area (TPSA) is 22.1 Å². The summed E-state index contributed by atoms with van der Waals surface area (Å²) in [5, 5.41) is 0. The van der Waals surface area contributed by atoms with Crippen molar-refractivity contribution in [2.24, 2.45) is 0 Å². The quantitative estimate of drug-likeness (QED) is 0.294. The first-order valence-corrected chi connectivity index (χ1v) is 11.5. The van der Waals surface area contributed by atoms with Gasteiger partial charge in [0.1, 0.15) is 5.75 Å². The lowest BCUT2D eigenvalue weighted by molar-refractivity contribution is 0.309. The van der Waals surface area contributed by atoms with Gasteiger partial charge in [-0.1, -0.05) is 75.6 Å². The van der Waals surface area contributed by atoms with Crippen LogP contribution in [0.2, 0.25) is 0 Å². The average molecular weight is 402 g/mol. The normalized spacial score (nSPS) is 10.9. The maximum atomic E-state index is 5.74. The van der Waals surface area contributed by atoms with Crippen LogP contribution in [0.3, 0.4) is 0 Å². The van der Waals surface area contributed by atoms with E-state index >= 15 is 0 Å². The van der Waals surface area contributed by atoms with E-state index in [0.717, 1.165) is 43.7 Å². The predicted octanol–water partition coefficient (Wildman–Crippen LogP) is 7.45. The van der Waals surface area contributed by atoms with Crippen LogP contribution < -0.4 is 4.74 Å². The van der Waals surface area contributed by atoms with Gasteiger partial charge >= 0.3 is 0 Å². The van der Waals surface area contributed by atoms with Crippen LogP contribution in [-0.2, 0) is 19.3 Å². The van der Waals surface area contributed by atoms with Crippen molar-refractivity contribution in [3.8, 4) is 17.0 Å². The monoisotopic (exact) mass is 401 g/mol. The van der Waals surface area contributed by atoms with Gasteiger partial charge in [-0.25, -0.2) is 0 Å². The molecule has 0 fully saturated rings. The molecule has 0 atom stereocenters. The molecule has 0 aliphatic rings. The molecular formula is C28H35NO. The Kier molecular flexibility index (Phi) is 8.96. The van der Waals surface area contributed by atoms with Crippen molar-refractivity contribution in [3.63, 3.8) is 0 Å². The number of pyridine rings is 1. The van der Waals surface area contributed by atoms with Gasteiger partial charge in [-0.05, 0) is 67.0 Å². The van der Waals surface area contributed by atoms with Gasteiger partial charge in [0.25, 0.3) is 0 Å². The molecule has 0 saturated heterocycles. The van der Waals surface area contributed by atoms with Gasteiger partial charge in [-0.15, -0.1) is 0 Å². The van der Waals surface area contributed by atoms with Crippen LogP contribution in [0.25, 0.3) is 11.3 Å². The van der Waals surface area contributed by atoms with Crippen molar-refractivity contribution in [1.29, 1.82) is 0 Å². The second kappa shape index (κ2) is 12.2. The number of ether oxygens (including phenoxy) is 1. The van der Waals surface area contributed by atoms with E-state index in [1.165, 1.54) is 47.9 Å². The van der Waals surface area contributed by atoms with Crippen molar-refractivity contribution >= 4 is 0 Å². The summed E-state index contributed by atoms with van der Waals surface area (Å²) in [4.78, 5) is 4.70. The number of benzene rings is 2. The van der Waals surface area contributed by atoms with Gasteiger partial charge < -0.3 is 4.74 Å². The molecule has 0 saturated carbocycles. The molecule has 30 heavy (non-hydrogen) atoms. The van der Waals surface area contributed by atoms with Crippen LogP contribution in [0.4, 0.5) is 0 Å². The molecule has 158 valence electrons. The van der Waals surface area contributed by atoms with Gasteiger partial charge in [0, 0.05) is 11.8 Å². The summed E-state index contributed by atoms with van der Waals surface area (Å²) in [6.45, 7) is 5.23. The summed E-state index contributed by atoms with van der Waals surface area (Å²) in [5.74, 6) is 0.967. The maximum Gasteiger partial charge on any atom is 0.119 e. The third-order valence-corrected chi connectivity index (χ3v) is 5.54. The van der Waals surface area contributed by atoms with Crippen LogP contribution in [-0.4, -0.2) is 11.6 Å². The molecule has 2 aromatic carbocycles. The lowest BCUT2D eigenvalue weighted by Gasteiger charge is -2.07. The molecule has 1 aromatic heterocycles. The highest BCUT2D eigenvalue weighted by atomic mass is 16.5. The Hall–Kier alpha value is -2.61. The highest BCUT2D eigenvalue weighted by Gasteiger charge is 2.02.